The summed E-state index contributed by atoms with van der Waals surface area (Å²) in [4.78, 5) is 55.5. The van der Waals surface area contributed by atoms with Crippen LogP contribution in [0.1, 0.15) is 49.2 Å². The highest BCUT2D eigenvalue weighted by Gasteiger charge is 2.54. The van der Waals surface area contributed by atoms with E-state index >= 15 is 0 Å². The number of hydrogen-bond acceptors (Lipinski definition) is 13. The normalized spacial score (nSPS) is 21.9. The first-order valence-electron chi connectivity index (χ1n) is 12.9. The molecule has 2 aliphatic heterocycles. The molecule has 2 aromatic heterocycles. The molecular formula is C25H29N7O5S4. The summed E-state index contributed by atoms with van der Waals surface area (Å²) in [5.41, 5.74) is 13.0. The van der Waals surface area contributed by atoms with Crippen molar-refractivity contribution >= 4 is 75.2 Å². The Hall–Kier alpha value is -2.79. The molecule has 6 N–H and O–H groups in total. The van der Waals surface area contributed by atoms with Crippen LogP contribution >= 0.6 is 46.6 Å². The number of anilines is 1. The van der Waals surface area contributed by atoms with E-state index in [-0.39, 0.29) is 33.7 Å². The monoisotopic (exact) mass is 635 g/mol. The third kappa shape index (κ3) is 6.35. The number of fused-ring (bicyclic) bond motifs is 1. The molecule has 1 saturated carbocycles. The second-order valence-corrected chi connectivity index (χ2v) is 13.9. The summed E-state index contributed by atoms with van der Waals surface area (Å²) >= 11 is 5.36. The molecule has 1 saturated heterocycles. The van der Waals surface area contributed by atoms with E-state index < -0.39 is 29.2 Å². The number of pyridine rings is 1. The van der Waals surface area contributed by atoms with Crippen LogP contribution in [0.5, 0.6) is 0 Å². The predicted octanol–water partition coefficient (Wildman–Crippen LogP) is 2.98. The number of carboxylic acids is 1. The Bertz CT molecular complexity index is 1390. The summed E-state index contributed by atoms with van der Waals surface area (Å²) < 4.78 is 0. The standard InChI is InChI=1S/C25H29N7O5S4/c1-2-38-20(26)13-9-28-8-7-15(13)41-16-11-39-23-18(22(34)32(23)19(16)24(35)36)30-21(33)17(14-10-40-25(27)29-14)31-37-12-5-3-4-6-12/h7-10,12,18,20,23H,2-6,11,26H2,1H3,(H2,27,29)(H,30,33)(H,35,36)/b31-17-/t18-,20?,23+/m1/s1. The first kappa shape index (κ1) is 29.7. The second-order valence-electron chi connectivity index (χ2n) is 9.35. The number of aromatic nitrogens is 2. The molecule has 41 heavy (non-hydrogen) atoms. The van der Waals surface area contributed by atoms with Crippen molar-refractivity contribution in [1.29, 1.82) is 0 Å². The van der Waals surface area contributed by atoms with E-state index in [0.29, 0.717) is 10.7 Å². The molecular weight excluding hydrogens is 607 g/mol. The lowest BCUT2D eigenvalue weighted by molar-refractivity contribution is -0.150. The van der Waals surface area contributed by atoms with Crippen LogP contribution in [0, 0.1) is 0 Å². The SMILES string of the molecule is CCSC(N)c1cnccc1SC1=C(C(=O)O)N2C(=O)[C@@H](NC(=O)/C(=N\OC3CCCC3)c3csc(N)n3)[C@@H]2SC1. The fourth-order valence-corrected chi connectivity index (χ4v) is 8.66. The molecule has 2 amide bonds. The first-order valence-corrected chi connectivity index (χ1v) is 16.7. The molecule has 3 aliphatic rings. The van der Waals surface area contributed by atoms with Gasteiger partial charge < -0.3 is 26.7 Å². The molecule has 1 unspecified atom stereocenters. The summed E-state index contributed by atoms with van der Waals surface area (Å²) in [7, 11) is 0. The van der Waals surface area contributed by atoms with Gasteiger partial charge in [0.2, 0.25) is 0 Å². The van der Waals surface area contributed by atoms with Gasteiger partial charge in [-0.05, 0) is 37.5 Å². The highest BCUT2D eigenvalue weighted by molar-refractivity contribution is 8.06. The number of β-lactam (4-membered cyclic amide) rings is 1. The molecule has 4 heterocycles. The van der Waals surface area contributed by atoms with Gasteiger partial charge >= 0.3 is 5.97 Å². The van der Waals surface area contributed by atoms with E-state index in [9.17, 15) is 19.5 Å². The van der Waals surface area contributed by atoms with E-state index in [1.54, 1.807) is 35.6 Å². The van der Waals surface area contributed by atoms with Gasteiger partial charge in [-0.2, -0.15) is 0 Å². The number of nitrogens with zero attached hydrogens (tertiary/aromatic N) is 4. The minimum Gasteiger partial charge on any atom is -0.477 e. The Labute approximate surface area is 253 Å². The van der Waals surface area contributed by atoms with Crippen LogP contribution in [0.3, 0.4) is 0 Å². The fourth-order valence-electron chi connectivity index (χ4n) is 4.70. The number of carbonyl (C=O) groups excluding carboxylic acids is 2. The van der Waals surface area contributed by atoms with Gasteiger partial charge in [-0.3, -0.25) is 19.5 Å². The second kappa shape index (κ2) is 13.0. The molecule has 5 rings (SSSR count). The van der Waals surface area contributed by atoms with E-state index in [4.69, 9.17) is 16.3 Å². The van der Waals surface area contributed by atoms with Crippen molar-refractivity contribution in [3.05, 3.63) is 45.7 Å². The Morgan fingerprint density at radius 1 is 1.37 bits per heavy atom. The van der Waals surface area contributed by atoms with Gasteiger partial charge in [0.25, 0.3) is 11.8 Å². The number of nitrogen functional groups attached to an aromatic ring is 1. The summed E-state index contributed by atoms with van der Waals surface area (Å²) in [6, 6.07) is 0.854. The van der Waals surface area contributed by atoms with Crippen molar-refractivity contribution in [3.8, 4) is 0 Å². The number of nitrogens with one attached hydrogen (secondary N) is 1. The molecule has 1 aliphatic carbocycles. The van der Waals surface area contributed by atoms with Gasteiger partial charge in [0.15, 0.2) is 10.8 Å². The average molecular weight is 636 g/mol. The van der Waals surface area contributed by atoms with Gasteiger partial charge in [-0.25, -0.2) is 9.78 Å². The van der Waals surface area contributed by atoms with Crippen LogP contribution in [0.4, 0.5) is 5.13 Å². The average Bonchev–Trinajstić information content (AvgIpc) is 3.64. The van der Waals surface area contributed by atoms with E-state index in [2.05, 4.69) is 20.4 Å². The van der Waals surface area contributed by atoms with E-state index in [1.165, 1.54) is 28.4 Å². The van der Waals surface area contributed by atoms with Crippen molar-refractivity contribution in [2.24, 2.45) is 10.9 Å². The zero-order valence-corrected chi connectivity index (χ0v) is 25.3. The van der Waals surface area contributed by atoms with Crippen molar-refractivity contribution < 1.29 is 24.3 Å². The maximum Gasteiger partial charge on any atom is 0.353 e. The molecule has 218 valence electrons. The molecule has 16 heteroatoms. The maximum absolute atomic E-state index is 13.3. The zero-order valence-electron chi connectivity index (χ0n) is 22.0. The fraction of sp³-hybridized carbons (Fsp3) is 0.440. The molecule has 2 fully saturated rings. The van der Waals surface area contributed by atoms with Crippen LogP contribution in [-0.4, -0.2) is 72.5 Å². The Morgan fingerprint density at radius 2 is 2.15 bits per heavy atom. The summed E-state index contributed by atoms with van der Waals surface area (Å²) in [6.07, 6.45) is 6.98. The Morgan fingerprint density at radius 3 is 2.83 bits per heavy atom. The maximum atomic E-state index is 13.3. The summed E-state index contributed by atoms with van der Waals surface area (Å²) in [5, 5.41) is 17.9. The lowest BCUT2D eigenvalue weighted by Gasteiger charge is -2.49. The van der Waals surface area contributed by atoms with Crippen LogP contribution in [0.2, 0.25) is 0 Å². The minimum atomic E-state index is -1.22. The number of rotatable bonds is 11. The third-order valence-corrected chi connectivity index (χ3v) is 11.0. The lowest BCUT2D eigenvalue weighted by Crippen LogP contribution is -2.71. The topological polar surface area (TPSA) is 186 Å². The highest BCUT2D eigenvalue weighted by Crippen LogP contribution is 2.46. The predicted molar refractivity (Wildman–Crippen MR) is 161 cm³/mol. The highest BCUT2D eigenvalue weighted by atomic mass is 32.2. The van der Waals surface area contributed by atoms with Gasteiger partial charge in [0, 0.05) is 38.9 Å². The van der Waals surface area contributed by atoms with Crippen molar-refractivity contribution in [1.82, 2.24) is 20.2 Å². The van der Waals surface area contributed by atoms with Gasteiger partial charge in [-0.1, -0.05) is 23.8 Å². The van der Waals surface area contributed by atoms with E-state index in [0.717, 1.165) is 53.2 Å². The molecule has 3 atom stereocenters. The number of amides is 2. The smallest absolute Gasteiger partial charge is 0.353 e. The lowest BCUT2D eigenvalue weighted by atomic mass is 10.0. The van der Waals surface area contributed by atoms with Gasteiger partial charge in [-0.15, -0.1) is 34.9 Å². The Balaban J connectivity index is 1.34. The number of carbonyl (C=O) groups is 3. The quantitative estimate of drug-likeness (QED) is 0.123. The number of thioether (sulfide) groups is 3. The third-order valence-electron chi connectivity index (χ3n) is 6.69. The van der Waals surface area contributed by atoms with Crippen LogP contribution in [-0.2, 0) is 19.2 Å². The number of carboxylic acid groups (broad SMARTS) is 1. The molecule has 0 bridgehead atoms. The first-order chi connectivity index (χ1) is 19.8. The van der Waals surface area contributed by atoms with Crippen molar-refractivity contribution in [2.75, 3.05) is 17.2 Å². The van der Waals surface area contributed by atoms with Gasteiger partial charge in [0.1, 0.15) is 28.9 Å². The molecule has 0 aromatic carbocycles. The number of thiazole rings is 1. The van der Waals surface area contributed by atoms with Gasteiger partial charge in [0.05, 0.1) is 5.37 Å². The van der Waals surface area contributed by atoms with Crippen molar-refractivity contribution in [3.63, 3.8) is 0 Å². The molecule has 0 spiro atoms. The summed E-state index contributed by atoms with van der Waals surface area (Å²) in [5.74, 6) is -1.24. The van der Waals surface area contributed by atoms with E-state index in [1.807, 2.05) is 6.92 Å². The molecule has 2 aromatic rings. The number of hydrogen-bond donors (Lipinski definition) is 4. The molecule has 12 nitrogen and oxygen atoms in total. The van der Waals surface area contributed by atoms with Crippen molar-refractivity contribution in [2.45, 2.75) is 60.4 Å². The number of nitrogens with two attached hydrogens (primary N) is 2. The Kier molecular flexibility index (Phi) is 9.43. The zero-order chi connectivity index (χ0) is 29.1. The van der Waals surface area contributed by atoms with Crippen LogP contribution in [0.25, 0.3) is 0 Å². The van der Waals surface area contributed by atoms with Crippen LogP contribution < -0.4 is 16.8 Å². The molecule has 0 radical (unpaired) electrons. The number of oxime groups is 1. The number of aliphatic carboxylic acids is 1. The van der Waals surface area contributed by atoms with Crippen LogP contribution in [0.15, 0.2) is 44.5 Å². The summed E-state index contributed by atoms with van der Waals surface area (Å²) in [6.45, 7) is 2.01. The minimum absolute atomic E-state index is 0.0753. The largest absolute Gasteiger partial charge is 0.477 e.